The van der Waals surface area contributed by atoms with Gasteiger partial charge in [-0.25, -0.2) is 4.39 Å². The summed E-state index contributed by atoms with van der Waals surface area (Å²) in [5.74, 6) is -0.196. The van der Waals surface area contributed by atoms with Crippen molar-refractivity contribution >= 4 is 11.6 Å². The minimum Gasteiger partial charge on any atom is -0.306 e. The Balaban J connectivity index is 2.58. The van der Waals surface area contributed by atoms with Gasteiger partial charge in [-0.2, -0.15) is 0 Å². The lowest BCUT2D eigenvalue weighted by molar-refractivity contribution is 0.606. The van der Waals surface area contributed by atoms with Crippen LogP contribution in [0.3, 0.4) is 0 Å². The van der Waals surface area contributed by atoms with Crippen LogP contribution in [0.15, 0.2) is 36.4 Å². The van der Waals surface area contributed by atoms with Crippen LogP contribution in [0, 0.1) is 19.7 Å². The van der Waals surface area contributed by atoms with E-state index in [2.05, 4.69) is 12.2 Å². The van der Waals surface area contributed by atoms with E-state index in [1.807, 2.05) is 38.1 Å². The zero-order chi connectivity index (χ0) is 14.7. The lowest BCUT2D eigenvalue weighted by atomic mass is 9.91. The van der Waals surface area contributed by atoms with Crippen molar-refractivity contribution in [3.63, 3.8) is 0 Å². The van der Waals surface area contributed by atoms with Gasteiger partial charge in [-0.05, 0) is 60.8 Å². The van der Waals surface area contributed by atoms with E-state index in [-0.39, 0.29) is 11.9 Å². The van der Waals surface area contributed by atoms with E-state index in [9.17, 15) is 4.39 Å². The topological polar surface area (TPSA) is 12.0 Å². The fourth-order valence-corrected chi connectivity index (χ4v) is 2.90. The van der Waals surface area contributed by atoms with Crippen molar-refractivity contribution in [2.75, 3.05) is 6.54 Å². The van der Waals surface area contributed by atoms with Gasteiger partial charge >= 0.3 is 0 Å². The maximum atomic E-state index is 13.5. The molecule has 0 radical (unpaired) electrons. The third-order valence-electron chi connectivity index (χ3n) is 3.47. The van der Waals surface area contributed by atoms with Crippen molar-refractivity contribution in [3.05, 3.63) is 69.5 Å². The Morgan fingerprint density at radius 3 is 2.30 bits per heavy atom. The van der Waals surface area contributed by atoms with Crippen LogP contribution >= 0.6 is 11.6 Å². The molecule has 0 saturated carbocycles. The molecular weight excluding hydrogens is 273 g/mol. The van der Waals surface area contributed by atoms with E-state index in [4.69, 9.17) is 11.6 Å². The van der Waals surface area contributed by atoms with E-state index < -0.39 is 0 Å². The average Bonchev–Trinajstić information content (AvgIpc) is 2.37. The molecule has 0 aromatic heterocycles. The number of aryl methyl sites for hydroxylation is 2. The molecule has 1 nitrogen and oxygen atoms in total. The Hall–Kier alpha value is -1.38. The van der Waals surface area contributed by atoms with Crippen molar-refractivity contribution < 1.29 is 4.39 Å². The number of halogens is 2. The van der Waals surface area contributed by atoms with Gasteiger partial charge in [0.2, 0.25) is 0 Å². The molecule has 0 bridgehead atoms. The van der Waals surface area contributed by atoms with Crippen molar-refractivity contribution in [2.24, 2.45) is 0 Å². The van der Waals surface area contributed by atoms with Gasteiger partial charge in [0.25, 0.3) is 0 Å². The van der Waals surface area contributed by atoms with Crippen molar-refractivity contribution in [2.45, 2.75) is 26.8 Å². The second kappa shape index (κ2) is 6.38. The van der Waals surface area contributed by atoms with E-state index in [1.165, 1.54) is 0 Å². The minimum absolute atomic E-state index is 0.0192. The Bertz CT molecular complexity index is 587. The number of hydrogen-bond donors (Lipinski definition) is 1. The third-order valence-corrected chi connectivity index (χ3v) is 3.82. The van der Waals surface area contributed by atoms with Gasteiger partial charge in [-0.1, -0.05) is 36.7 Å². The molecule has 0 aliphatic rings. The summed E-state index contributed by atoms with van der Waals surface area (Å²) in [5, 5.41) is 4.17. The highest BCUT2D eigenvalue weighted by molar-refractivity contribution is 6.31. The summed E-state index contributed by atoms with van der Waals surface area (Å²) in [6.45, 7) is 6.74. The standard InChI is InChI=1S/C17H19ClFN/c1-4-20-17(14-7-5-6-8-15(14)18)16-11(2)9-13(19)10-12(16)3/h5-10,17,20H,4H2,1-3H3. The van der Waals surface area contributed by atoms with Crippen LogP contribution in [0.2, 0.25) is 5.02 Å². The first-order valence-electron chi connectivity index (χ1n) is 6.79. The van der Waals surface area contributed by atoms with Gasteiger partial charge in [-0.3, -0.25) is 0 Å². The van der Waals surface area contributed by atoms with Crippen LogP contribution < -0.4 is 5.32 Å². The van der Waals surface area contributed by atoms with Crippen LogP contribution in [0.1, 0.15) is 35.2 Å². The number of benzene rings is 2. The van der Waals surface area contributed by atoms with E-state index in [0.717, 1.165) is 33.8 Å². The second-order valence-corrected chi connectivity index (χ2v) is 5.37. The molecule has 2 aromatic rings. The molecule has 1 N–H and O–H groups in total. The minimum atomic E-state index is -0.196. The summed E-state index contributed by atoms with van der Waals surface area (Å²) in [7, 11) is 0. The molecule has 0 fully saturated rings. The number of nitrogens with one attached hydrogen (secondary N) is 1. The molecule has 0 amide bonds. The summed E-state index contributed by atoms with van der Waals surface area (Å²) in [6, 6.07) is 10.9. The Kier molecular flexibility index (Phi) is 4.79. The number of rotatable bonds is 4. The molecule has 0 saturated heterocycles. The predicted octanol–water partition coefficient (Wildman–Crippen LogP) is 4.79. The fraction of sp³-hybridized carbons (Fsp3) is 0.294. The maximum absolute atomic E-state index is 13.5. The maximum Gasteiger partial charge on any atom is 0.123 e. The van der Waals surface area contributed by atoms with E-state index in [1.54, 1.807) is 12.1 Å². The monoisotopic (exact) mass is 291 g/mol. The molecule has 0 aliphatic heterocycles. The van der Waals surface area contributed by atoms with Crippen LogP contribution in [0.25, 0.3) is 0 Å². The molecule has 1 atom stereocenters. The molecule has 2 rings (SSSR count). The van der Waals surface area contributed by atoms with Gasteiger partial charge in [0.05, 0.1) is 6.04 Å². The van der Waals surface area contributed by atoms with Gasteiger partial charge in [0, 0.05) is 5.02 Å². The van der Waals surface area contributed by atoms with Crippen molar-refractivity contribution in [1.82, 2.24) is 5.32 Å². The summed E-state index contributed by atoms with van der Waals surface area (Å²) in [6.07, 6.45) is 0. The van der Waals surface area contributed by atoms with Crippen LogP contribution in [-0.2, 0) is 0 Å². The Labute approximate surface area is 124 Å². The SMILES string of the molecule is CCNC(c1ccccc1Cl)c1c(C)cc(F)cc1C. The first-order valence-corrected chi connectivity index (χ1v) is 7.16. The quantitative estimate of drug-likeness (QED) is 0.853. The zero-order valence-corrected chi connectivity index (χ0v) is 12.8. The van der Waals surface area contributed by atoms with Crippen LogP contribution in [0.4, 0.5) is 4.39 Å². The predicted molar refractivity (Wildman–Crippen MR) is 82.8 cm³/mol. The first-order chi connectivity index (χ1) is 9.54. The molecule has 106 valence electrons. The van der Waals surface area contributed by atoms with E-state index in [0.29, 0.717) is 0 Å². The summed E-state index contributed by atoms with van der Waals surface area (Å²) in [4.78, 5) is 0. The van der Waals surface area contributed by atoms with Crippen molar-refractivity contribution in [3.8, 4) is 0 Å². The molecule has 3 heteroatoms. The smallest absolute Gasteiger partial charge is 0.123 e. The Morgan fingerprint density at radius 2 is 1.75 bits per heavy atom. The van der Waals surface area contributed by atoms with Crippen molar-refractivity contribution in [1.29, 1.82) is 0 Å². The number of hydrogen-bond acceptors (Lipinski definition) is 1. The molecule has 1 unspecified atom stereocenters. The Morgan fingerprint density at radius 1 is 1.15 bits per heavy atom. The molecule has 0 aliphatic carbocycles. The highest BCUT2D eigenvalue weighted by Crippen LogP contribution is 2.32. The van der Waals surface area contributed by atoms with Gasteiger partial charge < -0.3 is 5.32 Å². The fourth-order valence-electron chi connectivity index (χ4n) is 2.66. The molecule has 2 aromatic carbocycles. The first kappa shape index (κ1) is 15.0. The van der Waals surface area contributed by atoms with Gasteiger partial charge in [0.15, 0.2) is 0 Å². The highest BCUT2D eigenvalue weighted by Gasteiger charge is 2.20. The lowest BCUT2D eigenvalue weighted by Gasteiger charge is -2.24. The average molecular weight is 292 g/mol. The van der Waals surface area contributed by atoms with Gasteiger partial charge in [0.1, 0.15) is 5.82 Å². The lowest BCUT2D eigenvalue weighted by Crippen LogP contribution is -2.24. The largest absolute Gasteiger partial charge is 0.306 e. The molecule has 0 heterocycles. The second-order valence-electron chi connectivity index (χ2n) is 4.97. The highest BCUT2D eigenvalue weighted by atomic mass is 35.5. The normalized spacial score (nSPS) is 12.4. The van der Waals surface area contributed by atoms with E-state index >= 15 is 0 Å². The van der Waals surface area contributed by atoms with Crippen LogP contribution in [0.5, 0.6) is 0 Å². The zero-order valence-electron chi connectivity index (χ0n) is 12.0. The summed E-state index contributed by atoms with van der Waals surface area (Å²) < 4.78 is 13.5. The molecule has 0 spiro atoms. The summed E-state index contributed by atoms with van der Waals surface area (Å²) in [5.41, 5.74) is 4.00. The van der Waals surface area contributed by atoms with Gasteiger partial charge in [-0.15, -0.1) is 0 Å². The molecule has 20 heavy (non-hydrogen) atoms. The van der Waals surface area contributed by atoms with Crippen LogP contribution in [-0.4, -0.2) is 6.54 Å². The molecular formula is C17H19ClFN. The third kappa shape index (κ3) is 3.02. The summed E-state index contributed by atoms with van der Waals surface area (Å²) >= 11 is 6.33.